The molecule has 4 heterocycles. The molecular formula is C16H20FN3O. The number of anilines is 1. The van der Waals surface area contributed by atoms with Crippen molar-refractivity contribution in [3.63, 3.8) is 0 Å². The molecule has 5 heteroatoms. The van der Waals surface area contributed by atoms with Crippen molar-refractivity contribution in [3.05, 3.63) is 24.3 Å². The fourth-order valence-corrected chi connectivity index (χ4v) is 4.43. The first-order valence-electron chi connectivity index (χ1n) is 7.86. The second-order valence-electron chi connectivity index (χ2n) is 6.60. The lowest BCUT2D eigenvalue weighted by molar-refractivity contribution is -0.142. The Morgan fingerprint density at radius 1 is 1.29 bits per heavy atom. The number of carbonyl (C=O) groups is 1. The van der Waals surface area contributed by atoms with E-state index in [-0.39, 0.29) is 5.82 Å². The summed E-state index contributed by atoms with van der Waals surface area (Å²) in [5, 5.41) is 0. The van der Waals surface area contributed by atoms with Gasteiger partial charge in [-0.1, -0.05) is 0 Å². The van der Waals surface area contributed by atoms with Crippen LogP contribution < -0.4 is 4.90 Å². The van der Waals surface area contributed by atoms with Gasteiger partial charge in [0.1, 0.15) is 0 Å². The van der Waals surface area contributed by atoms with Crippen LogP contribution in [0.5, 0.6) is 0 Å². The molecule has 3 aliphatic heterocycles. The third kappa shape index (κ3) is 2.19. The lowest BCUT2D eigenvalue weighted by Gasteiger charge is -2.52. The molecule has 0 spiro atoms. The van der Waals surface area contributed by atoms with Crippen LogP contribution in [-0.4, -0.2) is 41.5 Å². The average Bonchev–Trinajstić information content (AvgIpc) is 2.49. The van der Waals surface area contributed by atoms with E-state index in [9.17, 15) is 9.18 Å². The minimum atomic E-state index is -0.242. The smallest absolute Gasteiger partial charge is 0.222 e. The molecule has 0 saturated carbocycles. The Hall–Kier alpha value is -1.65. The molecule has 0 radical (unpaired) electrons. The van der Waals surface area contributed by atoms with Crippen LogP contribution in [0.1, 0.15) is 25.7 Å². The number of hydrogen-bond donors (Lipinski definition) is 0. The highest BCUT2D eigenvalue weighted by atomic mass is 19.1. The monoisotopic (exact) mass is 289 g/mol. The van der Waals surface area contributed by atoms with E-state index in [2.05, 4.69) is 14.8 Å². The summed E-state index contributed by atoms with van der Waals surface area (Å²) >= 11 is 0. The summed E-state index contributed by atoms with van der Waals surface area (Å²) in [4.78, 5) is 20.2. The standard InChI is InChI=1S/C16H20FN3O/c17-13-7-18-5-4-15(13)19-8-11-6-12(10-19)14-2-1-3-16(21)20(14)9-11/h4-5,7,11-12,14H,1-3,6,8-10H2/t11?,12?,14-/m0/s1. The maximum atomic E-state index is 14.0. The SMILES string of the molecule is O=C1CCC[C@H]2C3CC(CN(c4ccncc4F)C3)CN12. The zero-order valence-corrected chi connectivity index (χ0v) is 12.0. The van der Waals surface area contributed by atoms with Crippen LogP contribution in [0.3, 0.4) is 0 Å². The van der Waals surface area contributed by atoms with Gasteiger partial charge in [-0.2, -0.15) is 0 Å². The average molecular weight is 289 g/mol. The van der Waals surface area contributed by atoms with Crippen LogP contribution >= 0.6 is 0 Å². The molecule has 112 valence electrons. The lowest BCUT2D eigenvalue weighted by atomic mass is 9.76. The molecule has 0 aliphatic carbocycles. The van der Waals surface area contributed by atoms with Crippen molar-refractivity contribution >= 4 is 11.6 Å². The first-order chi connectivity index (χ1) is 10.2. The Balaban J connectivity index is 1.59. The predicted octanol–water partition coefficient (Wildman–Crippen LogP) is 2.06. The fraction of sp³-hybridized carbons (Fsp3) is 0.625. The van der Waals surface area contributed by atoms with Crippen molar-refractivity contribution in [2.45, 2.75) is 31.7 Å². The predicted molar refractivity (Wildman–Crippen MR) is 77.4 cm³/mol. The summed E-state index contributed by atoms with van der Waals surface area (Å²) in [6.07, 6.45) is 6.94. The zero-order chi connectivity index (χ0) is 14.4. The maximum Gasteiger partial charge on any atom is 0.222 e. The van der Waals surface area contributed by atoms with E-state index >= 15 is 0 Å². The van der Waals surface area contributed by atoms with E-state index in [1.54, 1.807) is 12.3 Å². The quantitative estimate of drug-likeness (QED) is 0.794. The van der Waals surface area contributed by atoms with Crippen LogP contribution in [0.4, 0.5) is 10.1 Å². The Labute approximate surface area is 123 Å². The molecule has 3 aliphatic rings. The van der Waals surface area contributed by atoms with Crippen molar-refractivity contribution in [1.29, 1.82) is 0 Å². The third-order valence-corrected chi connectivity index (χ3v) is 5.27. The zero-order valence-electron chi connectivity index (χ0n) is 12.0. The highest BCUT2D eigenvalue weighted by Crippen LogP contribution is 2.39. The summed E-state index contributed by atoms with van der Waals surface area (Å²) in [7, 11) is 0. The van der Waals surface area contributed by atoms with E-state index in [0.29, 0.717) is 35.9 Å². The number of carbonyl (C=O) groups excluding carboxylic acids is 1. The summed E-state index contributed by atoms with van der Waals surface area (Å²) in [5.41, 5.74) is 0.662. The molecule has 3 atom stereocenters. The molecule has 4 nitrogen and oxygen atoms in total. The van der Waals surface area contributed by atoms with Gasteiger partial charge < -0.3 is 9.80 Å². The minimum absolute atomic E-state index is 0.242. The molecule has 21 heavy (non-hydrogen) atoms. The number of rotatable bonds is 1. The minimum Gasteiger partial charge on any atom is -0.368 e. The number of nitrogens with zero attached hydrogens (tertiary/aromatic N) is 3. The third-order valence-electron chi connectivity index (χ3n) is 5.27. The second kappa shape index (κ2) is 4.97. The Kier molecular flexibility index (Phi) is 3.08. The van der Waals surface area contributed by atoms with E-state index < -0.39 is 0 Å². The summed E-state index contributed by atoms with van der Waals surface area (Å²) in [6, 6.07) is 2.13. The molecule has 1 aromatic heterocycles. The van der Waals surface area contributed by atoms with Crippen LogP contribution in [-0.2, 0) is 4.79 Å². The van der Waals surface area contributed by atoms with Crippen molar-refractivity contribution in [2.24, 2.45) is 11.8 Å². The molecule has 4 rings (SSSR count). The number of aromatic nitrogens is 1. The molecule has 0 aromatic carbocycles. The van der Waals surface area contributed by atoms with Gasteiger partial charge in [-0.15, -0.1) is 0 Å². The first kappa shape index (κ1) is 13.0. The van der Waals surface area contributed by atoms with E-state index in [1.165, 1.54) is 12.6 Å². The summed E-state index contributed by atoms with van der Waals surface area (Å²) in [5.74, 6) is 1.03. The van der Waals surface area contributed by atoms with Gasteiger partial charge in [0.05, 0.1) is 11.9 Å². The van der Waals surface area contributed by atoms with Gasteiger partial charge in [-0.25, -0.2) is 4.39 Å². The number of amides is 1. The van der Waals surface area contributed by atoms with Gasteiger partial charge in [0.2, 0.25) is 5.91 Å². The number of halogens is 1. The van der Waals surface area contributed by atoms with Crippen LogP contribution in [0.15, 0.2) is 18.5 Å². The number of piperidine rings is 3. The van der Waals surface area contributed by atoms with E-state index in [0.717, 1.165) is 32.5 Å². The van der Waals surface area contributed by atoms with E-state index in [4.69, 9.17) is 0 Å². The molecular weight excluding hydrogens is 269 g/mol. The van der Waals surface area contributed by atoms with E-state index in [1.807, 2.05) is 0 Å². The Morgan fingerprint density at radius 3 is 3.05 bits per heavy atom. The number of fused-ring (bicyclic) bond motifs is 4. The Bertz CT molecular complexity index is 564. The van der Waals surface area contributed by atoms with Gasteiger partial charge >= 0.3 is 0 Å². The maximum absolute atomic E-state index is 14.0. The van der Waals surface area contributed by atoms with Crippen molar-refractivity contribution in [2.75, 3.05) is 24.5 Å². The number of pyridine rings is 1. The molecule has 2 bridgehead atoms. The van der Waals surface area contributed by atoms with Crippen LogP contribution in [0.2, 0.25) is 0 Å². The van der Waals surface area contributed by atoms with Gasteiger partial charge in [-0.05, 0) is 37.2 Å². The first-order valence-corrected chi connectivity index (χ1v) is 7.86. The molecule has 3 fully saturated rings. The van der Waals surface area contributed by atoms with Gasteiger partial charge in [0.25, 0.3) is 0 Å². The highest BCUT2D eigenvalue weighted by Gasteiger charge is 2.44. The van der Waals surface area contributed by atoms with Gasteiger partial charge in [-0.3, -0.25) is 9.78 Å². The second-order valence-corrected chi connectivity index (χ2v) is 6.60. The summed E-state index contributed by atoms with van der Waals surface area (Å²) in [6.45, 7) is 2.54. The molecule has 1 aromatic rings. The van der Waals surface area contributed by atoms with Crippen LogP contribution in [0.25, 0.3) is 0 Å². The van der Waals surface area contributed by atoms with Crippen molar-refractivity contribution in [3.8, 4) is 0 Å². The number of hydrogen-bond acceptors (Lipinski definition) is 3. The Morgan fingerprint density at radius 2 is 2.19 bits per heavy atom. The highest BCUT2D eigenvalue weighted by molar-refractivity contribution is 5.77. The normalized spacial score (nSPS) is 32.0. The van der Waals surface area contributed by atoms with Crippen molar-refractivity contribution in [1.82, 2.24) is 9.88 Å². The van der Waals surface area contributed by atoms with Gasteiger partial charge in [0, 0.05) is 38.3 Å². The lowest BCUT2D eigenvalue weighted by Crippen LogP contribution is -2.60. The largest absolute Gasteiger partial charge is 0.368 e. The summed E-state index contributed by atoms with van der Waals surface area (Å²) < 4.78 is 14.0. The van der Waals surface area contributed by atoms with Crippen LogP contribution in [0, 0.1) is 17.7 Å². The molecule has 1 amide bonds. The van der Waals surface area contributed by atoms with Gasteiger partial charge in [0.15, 0.2) is 5.82 Å². The van der Waals surface area contributed by atoms with Crippen molar-refractivity contribution < 1.29 is 9.18 Å². The molecule has 2 unspecified atom stereocenters. The fourth-order valence-electron chi connectivity index (χ4n) is 4.43. The molecule has 3 saturated heterocycles. The molecule has 0 N–H and O–H groups in total. The topological polar surface area (TPSA) is 36.4 Å².